The maximum Gasteiger partial charge on any atom is 0.407 e. The predicted octanol–water partition coefficient (Wildman–Crippen LogP) is 3.06. The Labute approximate surface area is 189 Å². The van der Waals surface area contributed by atoms with Crippen LogP contribution in [0.1, 0.15) is 49.9 Å². The molecule has 2 amide bonds. The molecule has 1 aliphatic heterocycles. The molecule has 1 N–H and O–H groups in total. The molecular weight excluding hydrogens is 416 g/mol. The average Bonchev–Trinajstić information content (AvgIpc) is 2.77. The number of carbonyl (C=O) groups excluding carboxylic acids is 2. The highest BCUT2D eigenvalue weighted by molar-refractivity contribution is 5.95. The van der Waals surface area contributed by atoms with E-state index in [4.69, 9.17) is 14.2 Å². The van der Waals surface area contributed by atoms with Crippen LogP contribution in [0.2, 0.25) is 0 Å². The summed E-state index contributed by atoms with van der Waals surface area (Å²) in [5, 5.41) is 9.61. The van der Waals surface area contributed by atoms with Crippen molar-refractivity contribution < 1.29 is 33.7 Å². The van der Waals surface area contributed by atoms with Gasteiger partial charge >= 0.3 is 6.09 Å². The average molecular weight is 451 g/mol. The molecule has 1 aromatic carbocycles. The van der Waals surface area contributed by atoms with Gasteiger partial charge in [-0.25, -0.2) is 4.79 Å². The van der Waals surface area contributed by atoms with Crippen LogP contribution < -0.4 is 9.47 Å². The Morgan fingerprint density at radius 2 is 1.97 bits per heavy atom. The molecule has 0 spiro atoms. The SMILES string of the molecule is COCCCOc1cc(C(=O)N(C(C)C)[C@@H]2CC[C@@H](CC=O)N(C(=O)O)C2)ccc1OC. The molecule has 9 heteroatoms. The Hall–Kier alpha value is -2.81. The monoisotopic (exact) mass is 450 g/mol. The van der Waals surface area contributed by atoms with Crippen LogP contribution in [-0.4, -0.2) is 85.3 Å². The summed E-state index contributed by atoms with van der Waals surface area (Å²) < 4.78 is 16.2. The number of methoxy groups -OCH3 is 2. The number of rotatable bonds is 11. The zero-order chi connectivity index (χ0) is 23.7. The van der Waals surface area contributed by atoms with E-state index in [1.165, 1.54) is 12.0 Å². The fraction of sp³-hybridized carbons (Fsp3) is 0.609. The van der Waals surface area contributed by atoms with Crippen LogP contribution in [0.25, 0.3) is 0 Å². The van der Waals surface area contributed by atoms with Crippen molar-refractivity contribution in [2.75, 3.05) is 34.0 Å². The molecule has 32 heavy (non-hydrogen) atoms. The molecule has 9 nitrogen and oxygen atoms in total. The first-order valence-electron chi connectivity index (χ1n) is 10.9. The molecule has 0 aliphatic carbocycles. The van der Waals surface area contributed by atoms with Gasteiger partial charge in [-0.05, 0) is 44.9 Å². The quantitative estimate of drug-likeness (QED) is 0.408. The summed E-state index contributed by atoms with van der Waals surface area (Å²) in [6.45, 7) is 4.98. The van der Waals surface area contributed by atoms with E-state index >= 15 is 0 Å². The normalized spacial score (nSPS) is 18.3. The number of benzene rings is 1. The molecule has 1 fully saturated rings. The molecule has 1 aliphatic rings. The topological polar surface area (TPSA) is 106 Å². The molecule has 2 atom stereocenters. The number of carbonyl (C=O) groups is 3. The first kappa shape index (κ1) is 25.5. The zero-order valence-electron chi connectivity index (χ0n) is 19.3. The Bertz CT molecular complexity index is 784. The van der Waals surface area contributed by atoms with Crippen molar-refractivity contribution in [1.29, 1.82) is 0 Å². The Balaban J connectivity index is 2.24. The van der Waals surface area contributed by atoms with Gasteiger partial charge in [0.05, 0.1) is 19.8 Å². The number of carboxylic acid groups (broad SMARTS) is 1. The van der Waals surface area contributed by atoms with Gasteiger partial charge in [-0.3, -0.25) is 4.79 Å². The van der Waals surface area contributed by atoms with E-state index in [9.17, 15) is 19.5 Å². The van der Waals surface area contributed by atoms with Crippen LogP contribution in [0, 0.1) is 0 Å². The van der Waals surface area contributed by atoms with E-state index in [1.807, 2.05) is 13.8 Å². The summed E-state index contributed by atoms with van der Waals surface area (Å²) in [5.41, 5.74) is 0.443. The van der Waals surface area contributed by atoms with Crippen molar-refractivity contribution >= 4 is 18.3 Å². The summed E-state index contributed by atoms with van der Waals surface area (Å²) in [4.78, 5) is 39.2. The summed E-state index contributed by atoms with van der Waals surface area (Å²) >= 11 is 0. The fourth-order valence-electron chi connectivity index (χ4n) is 4.10. The molecule has 0 radical (unpaired) electrons. The van der Waals surface area contributed by atoms with Gasteiger partial charge in [0.1, 0.15) is 6.29 Å². The molecule has 1 aromatic rings. The maximum atomic E-state index is 13.5. The molecular formula is C23H34N2O7. The fourth-order valence-corrected chi connectivity index (χ4v) is 4.10. The maximum absolute atomic E-state index is 13.5. The number of aldehydes is 1. The Kier molecular flexibility index (Phi) is 9.77. The largest absolute Gasteiger partial charge is 0.493 e. The summed E-state index contributed by atoms with van der Waals surface area (Å²) in [5.74, 6) is 0.801. The third-order valence-corrected chi connectivity index (χ3v) is 5.64. The highest BCUT2D eigenvalue weighted by Crippen LogP contribution is 2.31. The predicted molar refractivity (Wildman–Crippen MR) is 119 cm³/mol. The lowest BCUT2D eigenvalue weighted by molar-refractivity contribution is -0.109. The number of amides is 2. The van der Waals surface area contributed by atoms with E-state index in [0.29, 0.717) is 49.5 Å². The second-order valence-electron chi connectivity index (χ2n) is 8.09. The van der Waals surface area contributed by atoms with Crippen LogP contribution >= 0.6 is 0 Å². The number of hydrogen-bond donors (Lipinski definition) is 1. The minimum absolute atomic E-state index is 0.140. The van der Waals surface area contributed by atoms with Crippen molar-refractivity contribution in [2.45, 2.75) is 57.7 Å². The lowest BCUT2D eigenvalue weighted by atomic mass is 9.94. The minimum Gasteiger partial charge on any atom is -0.493 e. The number of ether oxygens (including phenoxy) is 3. The Morgan fingerprint density at radius 3 is 2.56 bits per heavy atom. The molecule has 0 unspecified atom stereocenters. The van der Waals surface area contributed by atoms with Crippen LogP contribution in [0.15, 0.2) is 18.2 Å². The third kappa shape index (κ3) is 6.35. The van der Waals surface area contributed by atoms with E-state index in [1.54, 1.807) is 30.2 Å². The second-order valence-corrected chi connectivity index (χ2v) is 8.09. The van der Waals surface area contributed by atoms with Crippen molar-refractivity contribution in [3.05, 3.63) is 23.8 Å². The zero-order valence-corrected chi connectivity index (χ0v) is 19.3. The van der Waals surface area contributed by atoms with Crippen molar-refractivity contribution in [3.8, 4) is 11.5 Å². The molecule has 0 saturated carbocycles. The number of hydrogen-bond acceptors (Lipinski definition) is 6. The lowest BCUT2D eigenvalue weighted by Gasteiger charge is -2.43. The summed E-state index contributed by atoms with van der Waals surface area (Å²) in [6, 6.07) is 4.27. The van der Waals surface area contributed by atoms with Crippen LogP contribution in [0.5, 0.6) is 11.5 Å². The summed E-state index contributed by atoms with van der Waals surface area (Å²) in [6.07, 6.45) is 1.69. The Morgan fingerprint density at radius 1 is 1.22 bits per heavy atom. The summed E-state index contributed by atoms with van der Waals surface area (Å²) in [7, 11) is 3.16. The van der Waals surface area contributed by atoms with Gasteiger partial charge in [0.25, 0.3) is 5.91 Å². The van der Waals surface area contributed by atoms with E-state index in [-0.39, 0.29) is 37.0 Å². The van der Waals surface area contributed by atoms with Gasteiger partial charge in [0.2, 0.25) is 0 Å². The standard InChI is InChI=1S/C23H34N2O7/c1-16(2)25(19-8-7-18(10-11-26)24(15-19)23(28)29)22(27)17-6-9-20(31-4)21(14-17)32-13-5-12-30-3/h6,9,11,14,16,18-19H,5,7-8,10,12-13,15H2,1-4H3,(H,28,29)/t18-,19+/m0/s1. The molecule has 2 rings (SSSR count). The second kappa shape index (κ2) is 12.3. The highest BCUT2D eigenvalue weighted by atomic mass is 16.5. The van der Waals surface area contributed by atoms with Crippen molar-refractivity contribution in [2.24, 2.45) is 0 Å². The van der Waals surface area contributed by atoms with Crippen molar-refractivity contribution in [3.63, 3.8) is 0 Å². The van der Waals surface area contributed by atoms with Crippen LogP contribution in [-0.2, 0) is 9.53 Å². The smallest absolute Gasteiger partial charge is 0.407 e. The number of piperidine rings is 1. The molecule has 1 heterocycles. The van der Waals surface area contributed by atoms with Gasteiger partial charge in [0.15, 0.2) is 11.5 Å². The van der Waals surface area contributed by atoms with Crippen LogP contribution in [0.3, 0.4) is 0 Å². The van der Waals surface area contributed by atoms with Gasteiger partial charge in [0, 0.05) is 50.8 Å². The first-order valence-corrected chi connectivity index (χ1v) is 10.9. The first-order chi connectivity index (χ1) is 15.3. The molecule has 0 aromatic heterocycles. The van der Waals surface area contributed by atoms with Gasteiger partial charge in [-0.1, -0.05) is 0 Å². The van der Waals surface area contributed by atoms with Gasteiger partial charge in [-0.15, -0.1) is 0 Å². The van der Waals surface area contributed by atoms with Crippen molar-refractivity contribution in [1.82, 2.24) is 9.80 Å². The number of likely N-dealkylation sites (tertiary alicyclic amines) is 1. The van der Waals surface area contributed by atoms with E-state index < -0.39 is 6.09 Å². The lowest BCUT2D eigenvalue weighted by Crippen LogP contribution is -2.56. The minimum atomic E-state index is -1.08. The van der Waals surface area contributed by atoms with Crippen LogP contribution in [0.4, 0.5) is 4.79 Å². The van der Waals surface area contributed by atoms with E-state index in [0.717, 1.165) is 6.29 Å². The van der Waals surface area contributed by atoms with E-state index in [2.05, 4.69) is 0 Å². The molecule has 178 valence electrons. The van der Waals surface area contributed by atoms with Gasteiger partial charge < -0.3 is 33.9 Å². The molecule has 0 bridgehead atoms. The van der Waals surface area contributed by atoms with Gasteiger partial charge in [-0.2, -0.15) is 0 Å². The highest BCUT2D eigenvalue weighted by Gasteiger charge is 2.37. The third-order valence-electron chi connectivity index (χ3n) is 5.64. The number of nitrogens with zero attached hydrogens (tertiary/aromatic N) is 2. The molecule has 1 saturated heterocycles.